The van der Waals surface area contributed by atoms with Crippen LogP contribution in [0.1, 0.15) is 37.3 Å². The molecule has 1 nitrogen and oxygen atoms in total. The van der Waals surface area contributed by atoms with Crippen molar-refractivity contribution in [3.05, 3.63) is 29.3 Å². The van der Waals surface area contributed by atoms with Crippen molar-refractivity contribution in [2.45, 2.75) is 49.2 Å². The number of rotatable bonds is 4. The normalized spacial score (nSPS) is 16.9. The standard InChI is InChI=1S/C14H20OS/c1-2-13(10-15)16-14-8-7-11-5-3-4-6-12(11)9-14/h7-9,13,15H,2-6,10H2,1H3. The Morgan fingerprint density at radius 3 is 2.69 bits per heavy atom. The van der Waals surface area contributed by atoms with Gasteiger partial charge in [0.05, 0.1) is 6.61 Å². The zero-order valence-corrected chi connectivity index (χ0v) is 10.7. The number of benzene rings is 1. The summed E-state index contributed by atoms with van der Waals surface area (Å²) >= 11 is 1.81. The van der Waals surface area contributed by atoms with Crippen molar-refractivity contribution in [3.63, 3.8) is 0 Å². The topological polar surface area (TPSA) is 20.2 Å². The number of aliphatic hydroxyl groups excluding tert-OH is 1. The Kier molecular flexibility index (Phi) is 4.30. The molecule has 1 aromatic carbocycles. The van der Waals surface area contributed by atoms with Gasteiger partial charge in [0.2, 0.25) is 0 Å². The fraction of sp³-hybridized carbons (Fsp3) is 0.571. The summed E-state index contributed by atoms with van der Waals surface area (Å²) in [7, 11) is 0. The number of thioether (sulfide) groups is 1. The van der Waals surface area contributed by atoms with E-state index in [2.05, 4.69) is 25.1 Å². The summed E-state index contributed by atoms with van der Waals surface area (Å²) in [4.78, 5) is 1.32. The smallest absolute Gasteiger partial charge is 0.0553 e. The SMILES string of the molecule is CCC(CO)Sc1ccc2c(c1)CCCC2. The summed E-state index contributed by atoms with van der Waals surface area (Å²) in [5.41, 5.74) is 3.07. The Balaban J connectivity index is 2.10. The first-order valence-electron chi connectivity index (χ1n) is 6.22. The van der Waals surface area contributed by atoms with Crippen molar-refractivity contribution >= 4 is 11.8 Å². The Labute approximate surface area is 102 Å². The molecule has 0 spiro atoms. The fourth-order valence-electron chi connectivity index (χ4n) is 2.23. The molecule has 2 rings (SSSR count). The van der Waals surface area contributed by atoms with Gasteiger partial charge in [-0.15, -0.1) is 11.8 Å². The second kappa shape index (κ2) is 5.74. The van der Waals surface area contributed by atoms with Crippen LogP contribution in [0.25, 0.3) is 0 Å². The lowest BCUT2D eigenvalue weighted by Gasteiger charge is -2.18. The molecule has 0 amide bonds. The van der Waals surface area contributed by atoms with Crippen LogP contribution in [-0.4, -0.2) is 17.0 Å². The van der Waals surface area contributed by atoms with Crippen LogP contribution in [0.4, 0.5) is 0 Å². The van der Waals surface area contributed by atoms with Crippen molar-refractivity contribution < 1.29 is 5.11 Å². The number of aliphatic hydroxyl groups is 1. The predicted molar refractivity (Wildman–Crippen MR) is 70.1 cm³/mol. The Morgan fingerprint density at radius 2 is 2.00 bits per heavy atom. The molecule has 2 heteroatoms. The molecule has 1 aliphatic rings. The maximum atomic E-state index is 9.20. The van der Waals surface area contributed by atoms with Gasteiger partial charge in [0.1, 0.15) is 0 Å². The molecule has 0 fully saturated rings. The highest BCUT2D eigenvalue weighted by molar-refractivity contribution is 8.00. The van der Waals surface area contributed by atoms with Crippen molar-refractivity contribution in [2.24, 2.45) is 0 Å². The Bertz CT molecular complexity index is 345. The van der Waals surface area contributed by atoms with Gasteiger partial charge in [-0.2, -0.15) is 0 Å². The quantitative estimate of drug-likeness (QED) is 0.808. The van der Waals surface area contributed by atoms with Crippen LogP contribution in [0, 0.1) is 0 Å². The zero-order valence-electron chi connectivity index (χ0n) is 9.91. The molecule has 1 aliphatic carbocycles. The lowest BCUT2D eigenvalue weighted by atomic mass is 9.92. The minimum absolute atomic E-state index is 0.276. The van der Waals surface area contributed by atoms with Crippen LogP contribution >= 0.6 is 11.8 Å². The number of hydrogen-bond donors (Lipinski definition) is 1. The van der Waals surface area contributed by atoms with Gasteiger partial charge in [0.15, 0.2) is 0 Å². The van der Waals surface area contributed by atoms with E-state index in [9.17, 15) is 5.11 Å². The maximum Gasteiger partial charge on any atom is 0.0553 e. The predicted octanol–water partition coefficient (Wildman–Crippen LogP) is 3.43. The van der Waals surface area contributed by atoms with Gasteiger partial charge in [-0.1, -0.05) is 13.0 Å². The van der Waals surface area contributed by atoms with Gasteiger partial charge in [0.25, 0.3) is 0 Å². The lowest BCUT2D eigenvalue weighted by molar-refractivity contribution is 0.292. The fourth-order valence-corrected chi connectivity index (χ4v) is 3.21. The number of aryl methyl sites for hydroxylation is 2. The zero-order chi connectivity index (χ0) is 11.4. The minimum Gasteiger partial charge on any atom is -0.395 e. The van der Waals surface area contributed by atoms with Gasteiger partial charge in [-0.3, -0.25) is 0 Å². The van der Waals surface area contributed by atoms with E-state index in [1.165, 1.54) is 41.7 Å². The van der Waals surface area contributed by atoms with Crippen LogP contribution in [-0.2, 0) is 12.8 Å². The van der Waals surface area contributed by atoms with Crippen LogP contribution < -0.4 is 0 Å². The molecule has 0 heterocycles. The summed E-state index contributed by atoms with van der Waals surface area (Å²) in [6.07, 6.45) is 6.18. The molecule has 16 heavy (non-hydrogen) atoms. The average molecular weight is 236 g/mol. The first kappa shape index (κ1) is 12.0. The second-order valence-corrected chi connectivity index (χ2v) is 5.84. The molecule has 0 saturated heterocycles. The highest BCUT2D eigenvalue weighted by Crippen LogP contribution is 2.30. The average Bonchev–Trinajstić information content (AvgIpc) is 2.35. The van der Waals surface area contributed by atoms with Crippen molar-refractivity contribution in [2.75, 3.05) is 6.61 Å². The van der Waals surface area contributed by atoms with Crippen LogP contribution in [0.15, 0.2) is 23.1 Å². The number of hydrogen-bond acceptors (Lipinski definition) is 2. The lowest BCUT2D eigenvalue weighted by Crippen LogP contribution is -2.07. The summed E-state index contributed by atoms with van der Waals surface area (Å²) in [5, 5.41) is 9.55. The molecule has 0 radical (unpaired) electrons. The van der Waals surface area contributed by atoms with Crippen molar-refractivity contribution in [1.29, 1.82) is 0 Å². The van der Waals surface area contributed by atoms with Crippen LogP contribution in [0.5, 0.6) is 0 Å². The molecule has 0 bridgehead atoms. The van der Waals surface area contributed by atoms with E-state index in [1.54, 1.807) is 0 Å². The van der Waals surface area contributed by atoms with E-state index in [-0.39, 0.29) is 6.61 Å². The van der Waals surface area contributed by atoms with E-state index < -0.39 is 0 Å². The first-order chi connectivity index (χ1) is 7.83. The van der Waals surface area contributed by atoms with E-state index in [1.807, 2.05) is 11.8 Å². The van der Waals surface area contributed by atoms with E-state index >= 15 is 0 Å². The molecule has 1 unspecified atom stereocenters. The number of fused-ring (bicyclic) bond motifs is 1. The van der Waals surface area contributed by atoms with Gasteiger partial charge < -0.3 is 5.11 Å². The van der Waals surface area contributed by atoms with E-state index in [0.29, 0.717) is 5.25 Å². The van der Waals surface area contributed by atoms with Gasteiger partial charge in [-0.25, -0.2) is 0 Å². The molecular weight excluding hydrogens is 216 g/mol. The molecule has 1 N–H and O–H groups in total. The third-order valence-electron chi connectivity index (χ3n) is 3.28. The van der Waals surface area contributed by atoms with Gasteiger partial charge in [0, 0.05) is 10.1 Å². The second-order valence-electron chi connectivity index (χ2n) is 4.47. The highest BCUT2D eigenvalue weighted by atomic mass is 32.2. The summed E-state index contributed by atoms with van der Waals surface area (Å²) in [6, 6.07) is 6.82. The third kappa shape index (κ3) is 2.80. The molecule has 0 aliphatic heterocycles. The summed E-state index contributed by atoms with van der Waals surface area (Å²) in [5.74, 6) is 0. The molecule has 1 atom stereocenters. The molecule has 0 saturated carbocycles. The van der Waals surface area contributed by atoms with Gasteiger partial charge in [-0.05, 0) is 55.4 Å². The summed E-state index contributed by atoms with van der Waals surface area (Å²) in [6.45, 7) is 2.41. The Morgan fingerprint density at radius 1 is 1.25 bits per heavy atom. The third-order valence-corrected chi connectivity index (χ3v) is 4.62. The van der Waals surface area contributed by atoms with Crippen molar-refractivity contribution in [1.82, 2.24) is 0 Å². The highest BCUT2D eigenvalue weighted by Gasteiger charge is 2.11. The maximum absolute atomic E-state index is 9.20. The Hall–Kier alpha value is -0.470. The van der Waals surface area contributed by atoms with Crippen molar-refractivity contribution in [3.8, 4) is 0 Å². The monoisotopic (exact) mass is 236 g/mol. The molecule has 88 valence electrons. The summed E-state index contributed by atoms with van der Waals surface area (Å²) < 4.78 is 0. The van der Waals surface area contributed by atoms with Crippen LogP contribution in [0.2, 0.25) is 0 Å². The molecular formula is C14H20OS. The molecule has 1 aromatic rings. The van der Waals surface area contributed by atoms with Crippen LogP contribution in [0.3, 0.4) is 0 Å². The largest absolute Gasteiger partial charge is 0.395 e. The van der Waals surface area contributed by atoms with E-state index in [0.717, 1.165) is 6.42 Å². The van der Waals surface area contributed by atoms with E-state index in [4.69, 9.17) is 0 Å². The first-order valence-corrected chi connectivity index (χ1v) is 7.10. The molecule has 0 aromatic heterocycles. The van der Waals surface area contributed by atoms with Gasteiger partial charge >= 0.3 is 0 Å². The minimum atomic E-state index is 0.276.